The molecule has 23 heavy (non-hydrogen) atoms. The van der Waals surface area contributed by atoms with Gasteiger partial charge in [-0.25, -0.2) is 5.43 Å². The Morgan fingerprint density at radius 3 is 2.78 bits per heavy atom. The third-order valence-electron chi connectivity index (χ3n) is 5.71. The summed E-state index contributed by atoms with van der Waals surface area (Å²) in [6.45, 7) is 8.51. The van der Waals surface area contributed by atoms with Crippen molar-refractivity contribution in [2.75, 3.05) is 0 Å². The Labute approximate surface area is 135 Å². The summed E-state index contributed by atoms with van der Waals surface area (Å²) >= 11 is 0. The maximum Gasteiger partial charge on any atom is 0.250 e. The quantitative estimate of drug-likeness (QED) is 0.456. The second kappa shape index (κ2) is 5.11. The summed E-state index contributed by atoms with van der Waals surface area (Å²) in [5.74, 6) is 0.272. The number of rotatable bonds is 3. The van der Waals surface area contributed by atoms with Crippen LogP contribution in [0.1, 0.15) is 38.7 Å². The predicted octanol–water partition coefficient (Wildman–Crippen LogP) is 2.93. The van der Waals surface area contributed by atoms with Crippen LogP contribution in [0, 0.1) is 16.7 Å². The number of fused-ring (bicyclic) bond motifs is 2. The summed E-state index contributed by atoms with van der Waals surface area (Å²) < 4.78 is 0. The summed E-state index contributed by atoms with van der Waals surface area (Å²) in [4.78, 5) is 12.7. The van der Waals surface area contributed by atoms with Gasteiger partial charge in [0.05, 0.1) is 11.6 Å². The number of hydrazone groups is 1. The number of nitrogens with one attached hydrogen (secondary N) is 1. The van der Waals surface area contributed by atoms with Crippen molar-refractivity contribution in [2.45, 2.75) is 33.1 Å². The molecule has 0 spiro atoms. The number of phenols is 2. The average Bonchev–Trinajstić information content (AvgIpc) is 3.01. The van der Waals surface area contributed by atoms with Crippen LogP contribution in [-0.4, -0.2) is 22.3 Å². The smallest absolute Gasteiger partial charge is 0.250 e. The van der Waals surface area contributed by atoms with Gasteiger partial charge < -0.3 is 10.2 Å². The van der Waals surface area contributed by atoms with Crippen LogP contribution in [0.4, 0.5) is 0 Å². The van der Waals surface area contributed by atoms with E-state index in [4.69, 9.17) is 0 Å². The number of hydrogen-bond donors (Lipinski definition) is 3. The van der Waals surface area contributed by atoms with Crippen molar-refractivity contribution < 1.29 is 15.0 Å². The van der Waals surface area contributed by atoms with E-state index in [0.717, 1.165) is 24.8 Å². The maximum atomic E-state index is 12.7. The van der Waals surface area contributed by atoms with E-state index < -0.39 is 5.41 Å². The van der Waals surface area contributed by atoms with Gasteiger partial charge in [-0.3, -0.25) is 4.79 Å². The molecule has 0 aliphatic heterocycles. The van der Waals surface area contributed by atoms with E-state index >= 15 is 0 Å². The molecule has 5 heteroatoms. The van der Waals surface area contributed by atoms with Crippen molar-refractivity contribution in [1.82, 2.24) is 5.43 Å². The van der Waals surface area contributed by atoms with E-state index in [1.54, 1.807) is 0 Å². The highest BCUT2D eigenvalue weighted by Crippen LogP contribution is 2.65. The summed E-state index contributed by atoms with van der Waals surface area (Å²) in [6.07, 6.45) is 4.08. The molecule has 1 aromatic rings. The first-order chi connectivity index (χ1) is 10.8. The fourth-order valence-corrected chi connectivity index (χ4v) is 4.05. The highest BCUT2D eigenvalue weighted by atomic mass is 16.3. The van der Waals surface area contributed by atoms with Crippen LogP contribution in [0.5, 0.6) is 11.5 Å². The number of carbonyl (C=O) groups is 1. The van der Waals surface area contributed by atoms with E-state index in [1.165, 1.54) is 24.4 Å². The molecule has 2 saturated carbocycles. The van der Waals surface area contributed by atoms with Gasteiger partial charge in [0, 0.05) is 11.6 Å². The topological polar surface area (TPSA) is 81.9 Å². The van der Waals surface area contributed by atoms with E-state index in [0.29, 0.717) is 11.5 Å². The Morgan fingerprint density at radius 1 is 1.43 bits per heavy atom. The Balaban J connectivity index is 1.73. The summed E-state index contributed by atoms with van der Waals surface area (Å²) in [5, 5.41) is 22.9. The third-order valence-corrected chi connectivity index (χ3v) is 5.71. The number of carbonyl (C=O) groups excluding carboxylic acids is 1. The standard InChI is InChI=1S/C18H22N2O3/c1-11-17(2,3)13-6-7-18(11,9-13)16(23)20-19-10-12-4-5-14(21)8-15(12)22/h4-5,8,10,13,21-22H,1,6-7,9H2,2-3H3,(H,20,23)/b19-10+/t13-,18+/m0/s1. The third kappa shape index (κ3) is 2.31. The minimum atomic E-state index is -0.511. The molecule has 1 aromatic carbocycles. The molecule has 2 bridgehead atoms. The molecule has 1 amide bonds. The molecule has 3 rings (SSSR count). The highest BCUT2D eigenvalue weighted by molar-refractivity contribution is 5.89. The first-order valence-electron chi connectivity index (χ1n) is 7.83. The Kier molecular flexibility index (Phi) is 3.47. The maximum absolute atomic E-state index is 12.7. The molecule has 122 valence electrons. The minimum Gasteiger partial charge on any atom is -0.508 e. The zero-order valence-corrected chi connectivity index (χ0v) is 13.5. The van der Waals surface area contributed by atoms with Crippen LogP contribution in [0.25, 0.3) is 0 Å². The van der Waals surface area contributed by atoms with Crippen molar-refractivity contribution in [2.24, 2.45) is 21.8 Å². The van der Waals surface area contributed by atoms with Crippen LogP contribution in [0.15, 0.2) is 35.5 Å². The zero-order valence-electron chi connectivity index (χ0n) is 13.5. The van der Waals surface area contributed by atoms with Crippen molar-refractivity contribution in [3.63, 3.8) is 0 Å². The van der Waals surface area contributed by atoms with E-state index in [2.05, 4.69) is 31.0 Å². The molecule has 0 unspecified atom stereocenters. The van der Waals surface area contributed by atoms with Gasteiger partial charge in [0.1, 0.15) is 11.5 Å². The molecule has 5 nitrogen and oxygen atoms in total. The molecule has 2 aliphatic carbocycles. The summed E-state index contributed by atoms with van der Waals surface area (Å²) in [7, 11) is 0. The largest absolute Gasteiger partial charge is 0.508 e. The lowest BCUT2D eigenvalue weighted by Crippen LogP contribution is -2.39. The van der Waals surface area contributed by atoms with Gasteiger partial charge >= 0.3 is 0 Å². The number of aromatic hydroxyl groups is 2. The molecule has 0 saturated heterocycles. The monoisotopic (exact) mass is 314 g/mol. The first-order valence-corrected chi connectivity index (χ1v) is 7.83. The number of hydrogen-bond acceptors (Lipinski definition) is 4. The summed E-state index contributed by atoms with van der Waals surface area (Å²) in [6, 6.07) is 4.21. The lowest BCUT2D eigenvalue weighted by molar-refractivity contribution is -0.128. The molecule has 0 radical (unpaired) electrons. The second-order valence-corrected chi connectivity index (χ2v) is 7.16. The van der Waals surface area contributed by atoms with Crippen LogP contribution >= 0.6 is 0 Å². The predicted molar refractivity (Wildman–Crippen MR) is 88.2 cm³/mol. The molecule has 3 N–H and O–H groups in total. The molecule has 2 aliphatic rings. The molecular formula is C18H22N2O3. The van der Waals surface area contributed by atoms with Crippen LogP contribution in [-0.2, 0) is 4.79 Å². The van der Waals surface area contributed by atoms with Crippen LogP contribution in [0.3, 0.4) is 0 Å². The van der Waals surface area contributed by atoms with Gasteiger partial charge in [0.25, 0.3) is 0 Å². The number of phenolic OH excluding ortho intramolecular Hbond substituents is 2. The lowest BCUT2D eigenvalue weighted by Gasteiger charge is -2.36. The fraction of sp³-hybridized carbons (Fsp3) is 0.444. The van der Waals surface area contributed by atoms with Gasteiger partial charge in [-0.15, -0.1) is 0 Å². The first kappa shape index (κ1) is 15.6. The van der Waals surface area contributed by atoms with Gasteiger partial charge in [0.15, 0.2) is 0 Å². The highest BCUT2D eigenvalue weighted by Gasteiger charge is 2.60. The minimum absolute atomic E-state index is 0.00543. The zero-order chi connectivity index (χ0) is 16.8. The van der Waals surface area contributed by atoms with Crippen LogP contribution < -0.4 is 5.43 Å². The van der Waals surface area contributed by atoms with Gasteiger partial charge in [-0.1, -0.05) is 26.0 Å². The Morgan fingerprint density at radius 2 is 2.17 bits per heavy atom. The van der Waals surface area contributed by atoms with E-state index in [-0.39, 0.29) is 22.8 Å². The van der Waals surface area contributed by atoms with Gasteiger partial charge in [-0.2, -0.15) is 5.10 Å². The van der Waals surface area contributed by atoms with Crippen molar-refractivity contribution in [3.05, 3.63) is 35.9 Å². The van der Waals surface area contributed by atoms with E-state index in [1.807, 2.05) is 0 Å². The van der Waals surface area contributed by atoms with Gasteiger partial charge in [-0.05, 0) is 42.7 Å². The Bertz CT molecular complexity index is 708. The average molecular weight is 314 g/mol. The van der Waals surface area contributed by atoms with Crippen molar-refractivity contribution in [1.29, 1.82) is 0 Å². The van der Waals surface area contributed by atoms with Crippen LogP contribution in [0.2, 0.25) is 0 Å². The number of nitrogens with zero attached hydrogens (tertiary/aromatic N) is 1. The second-order valence-electron chi connectivity index (χ2n) is 7.16. The normalized spacial score (nSPS) is 28.4. The Hall–Kier alpha value is -2.30. The lowest BCUT2D eigenvalue weighted by atomic mass is 9.68. The van der Waals surface area contributed by atoms with Crippen molar-refractivity contribution in [3.8, 4) is 11.5 Å². The van der Waals surface area contributed by atoms with E-state index in [9.17, 15) is 15.0 Å². The summed E-state index contributed by atoms with van der Waals surface area (Å²) in [5.41, 5.74) is 3.51. The number of amides is 1. The molecule has 0 aromatic heterocycles. The number of benzene rings is 1. The SMILES string of the molecule is C=C1C(C)(C)[C@H]2CC[C@@]1(C(=O)N/N=C/c1ccc(O)cc1O)C2. The van der Waals surface area contributed by atoms with Gasteiger partial charge in [0.2, 0.25) is 5.91 Å². The fourth-order valence-electron chi connectivity index (χ4n) is 4.05. The molecular weight excluding hydrogens is 292 g/mol. The molecule has 0 heterocycles. The molecule has 2 fully saturated rings. The van der Waals surface area contributed by atoms with Crippen molar-refractivity contribution >= 4 is 12.1 Å². The molecule has 2 atom stereocenters.